The van der Waals surface area contributed by atoms with Gasteiger partial charge in [0, 0.05) is 12.6 Å². The molecule has 0 aliphatic carbocycles. The van der Waals surface area contributed by atoms with E-state index in [1.54, 1.807) is 0 Å². The molecule has 0 aromatic heterocycles. The van der Waals surface area contributed by atoms with Gasteiger partial charge in [0.25, 0.3) is 0 Å². The van der Waals surface area contributed by atoms with E-state index >= 15 is 0 Å². The van der Waals surface area contributed by atoms with E-state index in [0.29, 0.717) is 25.2 Å². The first-order valence-corrected chi connectivity index (χ1v) is 8.44. The van der Waals surface area contributed by atoms with E-state index in [9.17, 15) is 0 Å². The highest BCUT2D eigenvalue weighted by Gasteiger charge is 2.20. The predicted octanol–water partition coefficient (Wildman–Crippen LogP) is 4.13. The number of ether oxygens (including phenoxy) is 2. The molecular formula is C20H25NO2. The van der Waals surface area contributed by atoms with Crippen molar-refractivity contribution in [3.05, 3.63) is 59.7 Å². The molecule has 0 saturated carbocycles. The van der Waals surface area contributed by atoms with Crippen molar-refractivity contribution in [2.45, 2.75) is 38.8 Å². The standard InChI is InChI=1S/C20H25NO2/c1-3-18(15(2)21-14-16-7-5-4-6-8-16)17-9-10-19-20(13-17)23-12-11-22-19/h4-10,13,15,18,21H,3,11-12,14H2,1-2H3/t15?,18-/m0/s1. The van der Waals surface area contributed by atoms with E-state index in [2.05, 4.69) is 61.6 Å². The van der Waals surface area contributed by atoms with Crippen molar-refractivity contribution < 1.29 is 9.47 Å². The molecule has 2 aromatic rings. The van der Waals surface area contributed by atoms with Crippen molar-refractivity contribution in [3.63, 3.8) is 0 Å². The summed E-state index contributed by atoms with van der Waals surface area (Å²) in [4.78, 5) is 0. The maximum absolute atomic E-state index is 5.72. The maximum atomic E-state index is 5.72. The van der Waals surface area contributed by atoms with Gasteiger partial charge < -0.3 is 14.8 Å². The first kappa shape index (κ1) is 15.9. The molecule has 3 rings (SSSR count). The summed E-state index contributed by atoms with van der Waals surface area (Å²) in [6.45, 7) is 6.66. The molecule has 122 valence electrons. The number of hydrogen-bond acceptors (Lipinski definition) is 3. The number of nitrogens with one attached hydrogen (secondary N) is 1. The molecule has 0 bridgehead atoms. The van der Waals surface area contributed by atoms with Crippen LogP contribution in [0.4, 0.5) is 0 Å². The lowest BCUT2D eigenvalue weighted by Gasteiger charge is -2.26. The van der Waals surface area contributed by atoms with E-state index in [-0.39, 0.29) is 0 Å². The van der Waals surface area contributed by atoms with Crippen molar-refractivity contribution in [1.29, 1.82) is 0 Å². The molecule has 0 fully saturated rings. The quantitative estimate of drug-likeness (QED) is 0.870. The third-order valence-electron chi connectivity index (χ3n) is 4.51. The molecule has 3 heteroatoms. The van der Waals surface area contributed by atoms with Crippen molar-refractivity contribution in [2.75, 3.05) is 13.2 Å². The van der Waals surface area contributed by atoms with Gasteiger partial charge in [0.2, 0.25) is 0 Å². The lowest BCUT2D eigenvalue weighted by molar-refractivity contribution is 0.171. The maximum Gasteiger partial charge on any atom is 0.161 e. The second kappa shape index (κ2) is 7.51. The Kier molecular flexibility index (Phi) is 5.19. The number of rotatable bonds is 6. The van der Waals surface area contributed by atoms with Crippen LogP contribution in [0.1, 0.15) is 37.3 Å². The summed E-state index contributed by atoms with van der Waals surface area (Å²) in [7, 11) is 0. The molecule has 0 spiro atoms. The molecule has 2 aromatic carbocycles. The fourth-order valence-electron chi connectivity index (χ4n) is 3.19. The molecule has 1 N–H and O–H groups in total. The highest BCUT2D eigenvalue weighted by molar-refractivity contribution is 5.45. The van der Waals surface area contributed by atoms with Gasteiger partial charge in [0.05, 0.1) is 0 Å². The number of hydrogen-bond donors (Lipinski definition) is 1. The monoisotopic (exact) mass is 311 g/mol. The largest absolute Gasteiger partial charge is 0.486 e. The minimum atomic E-state index is 0.391. The van der Waals surface area contributed by atoms with Gasteiger partial charge in [0.1, 0.15) is 13.2 Å². The Hall–Kier alpha value is -2.00. The van der Waals surface area contributed by atoms with E-state index in [1.807, 2.05) is 6.07 Å². The van der Waals surface area contributed by atoms with Gasteiger partial charge >= 0.3 is 0 Å². The van der Waals surface area contributed by atoms with E-state index < -0.39 is 0 Å². The summed E-state index contributed by atoms with van der Waals surface area (Å²) in [6, 6.07) is 17.3. The summed E-state index contributed by atoms with van der Waals surface area (Å²) >= 11 is 0. The van der Waals surface area contributed by atoms with Crippen LogP contribution < -0.4 is 14.8 Å². The first-order valence-electron chi connectivity index (χ1n) is 8.44. The number of benzene rings is 2. The summed E-state index contributed by atoms with van der Waals surface area (Å²) in [5, 5.41) is 3.66. The lowest BCUT2D eigenvalue weighted by atomic mass is 9.89. The minimum Gasteiger partial charge on any atom is -0.486 e. The zero-order chi connectivity index (χ0) is 16.1. The lowest BCUT2D eigenvalue weighted by Crippen LogP contribution is -2.31. The van der Waals surface area contributed by atoms with Crippen molar-refractivity contribution in [2.24, 2.45) is 0 Å². The van der Waals surface area contributed by atoms with Crippen LogP contribution in [0.5, 0.6) is 11.5 Å². The molecule has 23 heavy (non-hydrogen) atoms. The van der Waals surface area contributed by atoms with Gasteiger partial charge in [-0.2, -0.15) is 0 Å². The second-order valence-electron chi connectivity index (χ2n) is 6.07. The Labute approximate surface area is 138 Å². The zero-order valence-corrected chi connectivity index (χ0v) is 13.9. The van der Waals surface area contributed by atoms with Crippen LogP contribution in [0.15, 0.2) is 48.5 Å². The smallest absolute Gasteiger partial charge is 0.161 e. The second-order valence-corrected chi connectivity index (χ2v) is 6.07. The number of fused-ring (bicyclic) bond motifs is 1. The molecule has 2 atom stereocenters. The van der Waals surface area contributed by atoms with Crippen LogP contribution in [0.25, 0.3) is 0 Å². The molecule has 0 amide bonds. The fourth-order valence-corrected chi connectivity index (χ4v) is 3.19. The average molecular weight is 311 g/mol. The van der Waals surface area contributed by atoms with Gasteiger partial charge in [0.15, 0.2) is 11.5 Å². The van der Waals surface area contributed by atoms with E-state index in [1.165, 1.54) is 11.1 Å². The molecule has 0 saturated heterocycles. The Morgan fingerprint density at radius 1 is 1.00 bits per heavy atom. The molecule has 0 radical (unpaired) electrons. The zero-order valence-electron chi connectivity index (χ0n) is 13.9. The highest BCUT2D eigenvalue weighted by atomic mass is 16.6. The Morgan fingerprint density at radius 3 is 2.48 bits per heavy atom. The van der Waals surface area contributed by atoms with Crippen molar-refractivity contribution in [3.8, 4) is 11.5 Å². The van der Waals surface area contributed by atoms with Crippen LogP contribution in [-0.2, 0) is 6.54 Å². The Balaban J connectivity index is 1.68. The van der Waals surface area contributed by atoms with Crippen LogP contribution in [-0.4, -0.2) is 19.3 Å². The van der Waals surface area contributed by atoms with Crippen molar-refractivity contribution in [1.82, 2.24) is 5.32 Å². The van der Waals surface area contributed by atoms with Crippen LogP contribution in [0, 0.1) is 0 Å². The van der Waals surface area contributed by atoms with Crippen molar-refractivity contribution >= 4 is 0 Å². The molecule has 1 heterocycles. The van der Waals surface area contributed by atoms with Crippen LogP contribution in [0.2, 0.25) is 0 Å². The molecule has 1 aliphatic heterocycles. The third-order valence-corrected chi connectivity index (χ3v) is 4.51. The molecule has 1 unspecified atom stereocenters. The minimum absolute atomic E-state index is 0.391. The van der Waals surface area contributed by atoms with Gasteiger partial charge in [-0.25, -0.2) is 0 Å². The Bertz CT molecular complexity index is 627. The third kappa shape index (κ3) is 3.85. The summed E-state index contributed by atoms with van der Waals surface area (Å²) < 4.78 is 11.3. The average Bonchev–Trinajstić information content (AvgIpc) is 2.61. The van der Waals surface area contributed by atoms with Gasteiger partial charge in [-0.05, 0) is 42.5 Å². The summed E-state index contributed by atoms with van der Waals surface area (Å²) in [6.07, 6.45) is 1.09. The summed E-state index contributed by atoms with van der Waals surface area (Å²) in [5.41, 5.74) is 2.63. The van der Waals surface area contributed by atoms with Gasteiger partial charge in [-0.1, -0.05) is 43.3 Å². The molecule has 3 nitrogen and oxygen atoms in total. The van der Waals surface area contributed by atoms with Gasteiger partial charge in [-0.15, -0.1) is 0 Å². The van der Waals surface area contributed by atoms with E-state index in [0.717, 1.165) is 24.5 Å². The summed E-state index contributed by atoms with van der Waals surface area (Å²) in [5.74, 6) is 2.19. The predicted molar refractivity (Wildman–Crippen MR) is 93.2 cm³/mol. The van der Waals surface area contributed by atoms with Gasteiger partial charge in [-0.3, -0.25) is 0 Å². The first-order chi connectivity index (χ1) is 11.3. The molecule has 1 aliphatic rings. The normalized spacial score (nSPS) is 15.9. The topological polar surface area (TPSA) is 30.5 Å². The Morgan fingerprint density at radius 2 is 1.74 bits per heavy atom. The van der Waals surface area contributed by atoms with E-state index in [4.69, 9.17) is 9.47 Å². The highest BCUT2D eigenvalue weighted by Crippen LogP contribution is 2.35. The SMILES string of the molecule is CC[C@H](c1ccc2c(c1)OCCO2)C(C)NCc1ccccc1. The molecular weight excluding hydrogens is 286 g/mol. The van der Waals surface area contributed by atoms with Crippen LogP contribution >= 0.6 is 0 Å². The fraction of sp³-hybridized carbons (Fsp3) is 0.400. The van der Waals surface area contributed by atoms with Crippen LogP contribution in [0.3, 0.4) is 0 Å².